The monoisotopic (exact) mass is 402 g/mol. The third-order valence-corrected chi connectivity index (χ3v) is 6.78. The first kappa shape index (κ1) is 19.9. The van der Waals surface area contributed by atoms with E-state index in [-0.39, 0.29) is 23.3 Å². The summed E-state index contributed by atoms with van der Waals surface area (Å²) in [6.07, 6.45) is -0.829. The molecule has 0 spiro atoms. The topological polar surface area (TPSA) is 92.8 Å². The van der Waals surface area contributed by atoms with Crippen LogP contribution in [0.1, 0.15) is 24.2 Å². The van der Waals surface area contributed by atoms with E-state index in [1.54, 1.807) is 38.1 Å². The number of anilines is 1. The average molecular weight is 402 g/mol. The van der Waals surface area contributed by atoms with Crippen molar-refractivity contribution in [3.05, 3.63) is 54.1 Å². The van der Waals surface area contributed by atoms with E-state index in [1.807, 2.05) is 0 Å². The van der Waals surface area contributed by atoms with Crippen molar-refractivity contribution in [2.24, 2.45) is 0 Å². The first-order chi connectivity index (χ1) is 13.3. The number of carbonyl (C=O) groups is 2. The number of ether oxygens (including phenoxy) is 1. The maximum atomic E-state index is 13.1. The molecule has 8 heteroatoms. The number of nitrogens with zero attached hydrogens (tertiary/aromatic N) is 1. The number of para-hydroxylation sites is 2. The summed E-state index contributed by atoms with van der Waals surface area (Å²) in [5.41, 5.74) is 0.890. The third kappa shape index (κ3) is 3.60. The van der Waals surface area contributed by atoms with Gasteiger partial charge in [0.15, 0.2) is 15.9 Å². The lowest BCUT2D eigenvalue weighted by Gasteiger charge is -2.34. The number of benzene rings is 2. The van der Waals surface area contributed by atoms with Crippen LogP contribution in [0, 0.1) is 0 Å². The number of hydrogen-bond acceptors (Lipinski definition) is 5. The molecule has 148 valence electrons. The Kier molecular flexibility index (Phi) is 5.42. The largest absolute Gasteiger partial charge is 0.477 e. The Hall–Kier alpha value is -2.87. The zero-order valence-electron chi connectivity index (χ0n) is 15.9. The molecule has 2 aromatic rings. The van der Waals surface area contributed by atoms with Crippen molar-refractivity contribution >= 4 is 27.3 Å². The van der Waals surface area contributed by atoms with Crippen molar-refractivity contribution < 1.29 is 22.7 Å². The van der Waals surface area contributed by atoms with Crippen LogP contribution in [0.15, 0.2) is 53.4 Å². The number of sulfone groups is 1. The van der Waals surface area contributed by atoms with Crippen LogP contribution in [0.4, 0.5) is 5.69 Å². The SMILES string of the molecule is CNC(=O)C1CN(C(=O)c2ccc(S(=O)(=O)C(C)C)cc2)c2ccccc2O1. The van der Waals surface area contributed by atoms with Crippen molar-refractivity contribution in [2.45, 2.75) is 30.1 Å². The molecule has 1 unspecified atom stereocenters. The first-order valence-electron chi connectivity index (χ1n) is 8.89. The minimum absolute atomic E-state index is 0.0571. The predicted molar refractivity (Wildman–Crippen MR) is 105 cm³/mol. The molecule has 0 aromatic heterocycles. The van der Waals surface area contributed by atoms with Crippen LogP contribution in [0.2, 0.25) is 0 Å². The van der Waals surface area contributed by atoms with E-state index in [1.165, 1.54) is 36.2 Å². The van der Waals surface area contributed by atoms with Gasteiger partial charge in [-0.15, -0.1) is 0 Å². The Labute approximate surface area is 164 Å². The van der Waals surface area contributed by atoms with Gasteiger partial charge in [-0.2, -0.15) is 0 Å². The highest BCUT2D eigenvalue weighted by molar-refractivity contribution is 7.92. The summed E-state index contributed by atoms with van der Waals surface area (Å²) in [5, 5.41) is 1.98. The molecule has 3 rings (SSSR count). The van der Waals surface area contributed by atoms with Gasteiger partial charge in [0.2, 0.25) is 0 Å². The minimum atomic E-state index is -3.41. The normalized spacial score (nSPS) is 16.3. The fourth-order valence-corrected chi connectivity index (χ4v) is 4.00. The van der Waals surface area contributed by atoms with E-state index >= 15 is 0 Å². The van der Waals surface area contributed by atoms with Gasteiger partial charge in [-0.05, 0) is 50.2 Å². The molecule has 7 nitrogen and oxygen atoms in total. The zero-order chi connectivity index (χ0) is 20.5. The highest BCUT2D eigenvalue weighted by atomic mass is 32.2. The Morgan fingerprint density at radius 2 is 1.75 bits per heavy atom. The quantitative estimate of drug-likeness (QED) is 0.845. The van der Waals surface area contributed by atoms with Crippen molar-refractivity contribution in [2.75, 3.05) is 18.5 Å². The second-order valence-corrected chi connectivity index (χ2v) is 9.23. The van der Waals surface area contributed by atoms with E-state index in [2.05, 4.69) is 5.32 Å². The Morgan fingerprint density at radius 1 is 1.11 bits per heavy atom. The maximum Gasteiger partial charge on any atom is 0.262 e. The second kappa shape index (κ2) is 7.63. The van der Waals surface area contributed by atoms with Gasteiger partial charge in [-0.25, -0.2) is 8.42 Å². The van der Waals surface area contributed by atoms with Gasteiger partial charge in [-0.1, -0.05) is 12.1 Å². The lowest BCUT2D eigenvalue weighted by molar-refractivity contribution is -0.127. The molecule has 0 saturated carbocycles. The molecule has 1 aliphatic rings. The Bertz CT molecular complexity index is 1000. The fourth-order valence-electron chi connectivity index (χ4n) is 2.94. The van der Waals surface area contributed by atoms with Gasteiger partial charge in [0.1, 0.15) is 5.75 Å². The third-order valence-electron chi connectivity index (χ3n) is 4.61. The van der Waals surface area contributed by atoms with Crippen LogP contribution in [0.25, 0.3) is 0 Å². The van der Waals surface area contributed by atoms with Gasteiger partial charge < -0.3 is 15.0 Å². The van der Waals surface area contributed by atoms with Crippen LogP contribution >= 0.6 is 0 Å². The molecule has 1 heterocycles. The van der Waals surface area contributed by atoms with Crippen LogP contribution < -0.4 is 15.0 Å². The molecule has 2 aromatic carbocycles. The molecule has 0 saturated heterocycles. The van der Waals surface area contributed by atoms with Gasteiger partial charge in [0.05, 0.1) is 22.4 Å². The summed E-state index contributed by atoms with van der Waals surface area (Å²) >= 11 is 0. The molecule has 0 fully saturated rings. The Balaban J connectivity index is 1.94. The summed E-state index contributed by atoms with van der Waals surface area (Å²) in [5.74, 6) is -0.224. The van der Waals surface area contributed by atoms with Crippen molar-refractivity contribution in [3.63, 3.8) is 0 Å². The van der Waals surface area contributed by atoms with Crippen molar-refractivity contribution in [1.29, 1.82) is 0 Å². The van der Waals surface area contributed by atoms with Crippen LogP contribution in [-0.2, 0) is 14.6 Å². The van der Waals surface area contributed by atoms with Crippen molar-refractivity contribution in [3.8, 4) is 5.75 Å². The summed E-state index contributed by atoms with van der Waals surface area (Å²) in [6.45, 7) is 3.28. The highest BCUT2D eigenvalue weighted by Crippen LogP contribution is 2.34. The number of carbonyl (C=O) groups excluding carboxylic acids is 2. The molecule has 0 radical (unpaired) electrons. The zero-order valence-corrected chi connectivity index (χ0v) is 16.7. The standard InChI is InChI=1S/C20H22N2O5S/c1-13(2)28(25,26)15-10-8-14(9-11-15)20(24)22-12-18(19(23)21-3)27-17-7-5-4-6-16(17)22/h4-11,13,18H,12H2,1-3H3,(H,21,23). The van der Waals surface area contributed by atoms with Gasteiger partial charge in [0, 0.05) is 12.6 Å². The first-order valence-corrected chi connectivity index (χ1v) is 10.4. The van der Waals surface area contributed by atoms with Crippen LogP contribution in [-0.4, -0.2) is 45.2 Å². The van der Waals surface area contributed by atoms with Gasteiger partial charge in [0.25, 0.3) is 11.8 Å². The van der Waals surface area contributed by atoms with E-state index in [4.69, 9.17) is 4.74 Å². The number of rotatable bonds is 4. The molecule has 2 amide bonds. The molecule has 1 aliphatic heterocycles. The molecule has 28 heavy (non-hydrogen) atoms. The summed E-state index contributed by atoms with van der Waals surface area (Å²) < 4.78 is 30.3. The lowest BCUT2D eigenvalue weighted by Crippen LogP contribution is -2.50. The Morgan fingerprint density at radius 3 is 2.36 bits per heavy atom. The van der Waals surface area contributed by atoms with E-state index in [0.29, 0.717) is 17.0 Å². The maximum absolute atomic E-state index is 13.1. The molecule has 1 atom stereocenters. The molecular formula is C20H22N2O5S. The van der Waals surface area contributed by atoms with Gasteiger partial charge >= 0.3 is 0 Å². The number of nitrogens with one attached hydrogen (secondary N) is 1. The highest BCUT2D eigenvalue weighted by Gasteiger charge is 2.33. The fraction of sp³-hybridized carbons (Fsp3) is 0.300. The average Bonchev–Trinajstić information content (AvgIpc) is 2.71. The number of likely N-dealkylation sites (N-methyl/N-ethyl adjacent to an activating group) is 1. The van der Waals surface area contributed by atoms with E-state index < -0.39 is 21.2 Å². The summed E-state index contributed by atoms with van der Waals surface area (Å²) in [4.78, 5) is 26.8. The van der Waals surface area contributed by atoms with Crippen LogP contribution in [0.5, 0.6) is 5.75 Å². The summed E-state index contributed by atoms with van der Waals surface area (Å²) in [7, 11) is -1.91. The second-order valence-electron chi connectivity index (χ2n) is 6.72. The molecule has 0 bridgehead atoms. The van der Waals surface area contributed by atoms with E-state index in [9.17, 15) is 18.0 Å². The van der Waals surface area contributed by atoms with Crippen molar-refractivity contribution in [1.82, 2.24) is 5.32 Å². The molecule has 1 N–H and O–H groups in total. The van der Waals surface area contributed by atoms with Crippen LogP contribution in [0.3, 0.4) is 0 Å². The van der Waals surface area contributed by atoms with Gasteiger partial charge in [-0.3, -0.25) is 9.59 Å². The van der Waals surface area contributed by atoms with E-state index in [0.717, 1.165) is 0 Å². The minimum Gasteiger partial charge on any atom is -0.477 e. The predicted octanol–water partition coefficient (Wildman–Crippen LogP) is 2.02. The number of hydrogen-bond donors (Lipinski definition) is 1. The summed E-state index contributed by atoms with van der Waals surface area (Å²) in [6, 6.07) is 12.8. The number of amides is 2. The molecular weight excluding hydrogens is 380 g/mol. The smallest absolute Gasteiger partial charge is 0.262 e. The molecule has 0 aliphatic carbocycles. The number of fused-ring (bicyclic) bond motifs is 1. The lowest BCUT2D eigenvalue weighted by atomic mass is 10.1.